The quantitative estimate of drug-likeness (QED) is 0.572. The number of nitrogens with zero attached hydrogens (tertiary/aromatic N) is 2. The van der Waals surface area contributed by atoms with Crippen LogP contribution in [0.4, 0.5) is 0 Å². The molecule has 0 radical (unpaired) electrons. The van der Waals surface area contributed by atoms with E-state index < -0.39 is 0 Å². The van der Waals surface area contributed by atoms with E-state index >= 15 is 0 Å². The normalized spacial score (nSPS) is 12.9. The highest BCUT2D eigenvalue weighted by Crippen LogP contribution is 2.19. The lowest BCUT2D eigenvalue weighted by Gasteiger charge is -2.30. The van der Waals surface area contributed by atoms with Crippen molar-refractivity contribution in [1.29, 1.82) is 0 Å². The summed E-state index contributed by atoms with van der Waals surface area (Å²) in [6.07, 6.45) is 0. The predicted octanol–water partition coefficient (Wildman–Crippen LogP) is 3.43. The Morgan fingerprint density at radius 2 is 1.52 bits per heavy atom. The molecule has 0 saturated heterocycles. The zero-order valence-corrected chi connectivity index (χ0v) is 15.6. The van der Waals surface area contributed by atoms with E-state index in [9.17, 15) is 0 Å². The third-order valence-corrected chi connectivity index (χ3v) is 4.43. The average Bonchev–Trinajstić information content (AvgIpc) is 2.68. The Kier molecular flexibility index (Phi) is 7.99. The van der Waals surface area contributed by atoms with E-state index in [2.05, 4.69) is 89.0 Å². The molecule has 1 unspecified atom stereocenters. The van der Waals surface area contributed by atoms with Gasteiger partial charge in [0, 0.05) is 20.1 Å². The number of likely N-dealkylation sites (N-methyl/N-ethyl adjacent to an activating group) is 1. The Bertz CT molecular complexity index is 621. The minimum Gasteiger partial charge on any atom is -0.354 e. The van der Waals surface area contributed by atoms with Crippen molar-refractivity contribution in [3.05, 3.63) is 71.8 Å². The van der Waals surface area contributed by atoms with Gasteiger partial charge in [0.05, 0.1) is 6.04 Å². The zero-order chi connectivity index (χ0) is 17.9. The summed E-state index contributed by atoms with van der Waals surface area (Å²) < 4.78 is 0. The third kappa shape index (κ3) is 5.91. The zero-order valence-electron chi connectivity index (χ0n) is 15.6. The highest BCUT2D eigenvalue weighted by Gasteiger charge is 2.18. The molecule has 1 atom stereocenters. The van der Waals surface area contributed by atoms with Crippen LogP contribution in [0.1, 0.15) is 31.0 Å². The maximum atomic E-state index is 4.36. The summed E-state index contributed by atoms with van der Waals surface area (Å²) in [5.74, 6) is 0.831. The smallest absolute Gasteiger partial charge is 0.191 e. The Hall–Kier alpha value is -2.33. The number of guanidine groups is 1. The number of hydrogen-bond donors (Lipinski definition) is 2. The molecular formula is C21H30N4. The summed E-state index contributed by atoms with van der Waals surface area (Å²) in [6.45, 7) is 8.05. The van der Waals surface area contributed by atoms with E-state index in [1.807, 2.05) is 13.1 Å². The topological polar surface area (TPSA) is 39.7 Å². The molecule has 0 aromatic heterocycles. The molecule has 0 fully saturated rings. The van der Waals surface area contributed by atoms with Gasteiger partial charge in [-0.3, -0.25) is 9.89 Å². The van der Waals surface area contributed by atoms with Gasteiger partial charge in [0.1, 0.15) is 0 Å². The van der Waals surface area contributed by atoms with Crippen LogP contribution in [-0.2, 0) is 6.54 Å². The minimum absolute atomic E-state index is 0.325. The van der Waals surface area contributed by atoms with Crippen molar-refractivity contribution in [2.75, 3.05) is 26.7 Å². The first kappa shape index (κ1) is 19.0. The molecule has 0 bridgehead atoms. The van der Waals surface area contributed by atoms with Gasteiger partial charge in [0.2, 0.25) is 0 Å². The van der Waals surface area contributed by atoms with Crippen molar-refractivity contribution in [3.8, 4) is 0 Å². The fraction of sp³-hybridized carbons (Fsp3) is 0.381. The lowest BCUT2D eigenvalue weighted by Crippen LogP contribution is -2.43. The molecule has 2 rings (SSSR count). The first-order chi connectivity index (χ1) is 12.3. The predicted molar refractivity (Wildman–Crippen MR) is 107 cm³/mol. The van der Waals surface area contributed by atoms with Gasteiger partial charge < -0.3 is 10.6 Å². The van der Waals surface area contributed by atoms with Crippen LogP contribution in [0.3, 0.4) is 0 Å². The Labute approximate surface area is 152 Å². The summed E-state index contributed by atoms with van der Waals surface area (Å²) >= 11 is 0. The fourth-order valence-corrected chi connectivity index (χ4v) is 2.99. The molecule has 0 spiro atoms. The molecule has 134 valence electrons. The number of nitrogens with one attached hydrogen (secondary N) is 2. The van der Waals surface area contributed by atoms with Crippen LogP contribution in [0.15, 0.2) is 65.7 Å². The van der Waals surface area contributed by atoms with E-state index in [4.69, 9.17) is 0 Å². The lowest BCUT2D eigenvalue weighted by atomic mass is 10.1. The SMILES string of the molecule is CCN(CC)C(CNC(=NC)NCc1ccccc1)c1ccccc1. The van der Waals surface area contributed by atoms with Crippen molar-refractivity contribution >= 4 is 5.96 Å². The van der Waals surface area contributed by atoms with Crippen molar-refractivity contribution in [2.45, 2.75) is 26.4 Å². The molecule has 2 aromatic rings. The molecule has 0 heterocycles. The first-order valence-corrected chi connectivity index (χ1v) is 9.05. The van der Waals surface area contributed by atoms with Crippen LogP contribution in [0.25, 0.3) is 0 Å². The Morgan fingerprint density at radius 3 is 2.08 bits per heavy atom. The van der Waals surface area contributed by atoms with E-state index in [1.165, 1.54) is 11.1 Å². The second kappa shape index (κ2) is 10.5. The monoisotopic (exact) mass is 338 g/mol. The largest absolute Gasteiger partial charge is 0.354 e. The van der Waals surface area contributed by atoms with Crippen molar-refractivity contribution in [3.63, 3.8) is 0 Å². The molecule has 4 nitrogen and oxygen atoms in total. The fourth-order valence-electron chi connectivity index (χ4n) is 2.99. The van der Waals surface area contributed by atoms with Gasteiger partial charge in [-0.15, -0.1) is 0 Å². The Morgan fingerprint density at radius 1 is 0.920 bits per heavy atom. The second-order valence-corrected chi connectivity index (χ2v) is 5.94. The van der Waals surface area contributed by atoms with Crippen LogP contribution < -0.4 is 10.6 Å². The molecule has 0 aliphatic rings. The molecule has 4 heteroatoms. The molecule has 2 N–H and O–H groups in total. The highest BCUT2D eigenvalue weighted by atomic mass is 15.2. The summed E-state index contributed by atoms with van der Waals surface area (Å²) in [5.41, 5.74) is 2.58. The molecule has 25 heavy (non-hydrogen) atoms. The summed E-state index contributed by atoms with van der Waals surface area (Å²) in [6, 6.07) is 21.4. The van der Waals surface area contributed by atoms with E-state index in [0.717, 1.165) is 32.1 Å². The third-order valence-electron chi connectivity index (χ3n) is 4.43. The maximum absolute atomic E-state index is 4.36. The standard InChI is InChI=1S/C21H30N4/c1-4-25(5-2)20(19-14-10-7-11-15-19)17-24-21(22-3)23-16-18-12-8-6-9-13-18/h6-15,20H,4-5,16-17H2,1-3H3,(H2,22,23,24). The minimum atomic E-state index is 0.325. The summed E-state index contributed by atoms with van der Waals surface area (Å²) in [7, 11) is 1.81. The molecule has 0 aliphatic carbocycles. The summed E-state index contributed by atoms with van der Waals surface area (Å²) in [5, 5.41) is 6.87. The van der Waals surface area contributed by atoms with Gasteiger partial charge in [-0.05, 0) is 24.2 Å². The Balaban J connectivity index is 1.98. The second-order valence-electron chi connectivity index (χ2n) is 5.94. The number of aliphatic imine (C=N–C) groups is 1. The molecular weight excluding hydrogens is 308 g/mol. The van der Waals surface area contributed by atoms with E-state index in [0.29, 0.717) is 6.04 Å². The number of rotatable bonds is 8. The van der Waals surface area contributed by atoms with Crippen LogP contribution in [0.5, 0.6) is 0 Å². The maximum Gasteiger partial charge on any atom is 0.191 e. The van der Waals surface area contributed by atoms with Crippen molar-refractivity contribution in [1.82, 2.24) is 15.5 Å². The number of benzene rings is 2. The van der Waals surface area contributed by atoms with Crippen molar-refractivity contribution < 1.29 is 0 Å². The number of hydrogen-bond acceptors (Lipinski definition) is 2. The summed E-state index contributed by atoms with van der Waals surface area (Å²) in [4.78, 5) is 6.82. The van der Waals surface area contributed by atoms with Gasteiger partial charge in [-0.25, -0.2) is 0 Å². The van der Waals surface area contributed by atoms with Gasteiger partial charge >= 0.3 is 0 Å². The van der Waals surface area contributed by atoms with E-state index in [-0.39, 0.29) is 0 Å². The van der Waals surface area contributed by atoms with Gasteiger partial charge in [-0.2, -0.15) is 0 Å². The van der Waals surface area contributed by atoms with Gasteiger partial charge in [0.15, 0.2) is 5.96 Å². The van der Waals surface area contributed by atoms with Crippen LogP contribution >= 0.6 is 0 Å². The van der Waals surface area contributed by atoms with E-state index in [1.54, 1.807) is 0 Å². The first-order valence-electron chi connectivity index (χ1n) is 9.05. The van der Waals surface area contributed by atoms with Crippen LogP contribution in [-0.4, -0.2) is 37.5 Å². The molecule has 0 saturated carbocycles. The molecule has 2 aromatic carbocycles. The lowest BCUT2D eigenvalue weighted by molar-refractivity contribution is 0.219. The van der Waals surface area contributed by atoms with Gasteiger partial charge in [0.25, 0.3) is 0 Å². The molecule has 0 aliphatic heterocycles. The molecule has 0 amide bonds. The van der Waals surface area contributed by atoms with Gasteiger partial charge in [-0.1, -0.05) is 74.5 Å². The van der Waals surface area contributed by atoms with Crippen LogP contribution in [0, 0.1) is 0 Å². The van der Waals surface area contributed by atoms with Crippen LogP contribution in [0.2, 0.25) is 0 Å². The van der Waals surface area contributed by atoms with Crippen molar-refractivity contribution in [2.24, 2.45) is 4.99 Å². The average molecular weight is 338 g/mol. The highest BCUT2D eigenvalue weighted by molar-refractivity contribution is 5.79.